The molecule has 11 heteroatoms. The molecule has 0 unspecified atom stereocenters. The Morgan fingerprint density at radius 1 is 0.974 bits per heavy atom. The standard InChI is InChI=1S/C27H27N5O4S2/c1-35-23-14-13-18(17-20(23)30-38(3,33)34)32-26(25(29-27(32)37)19-9-6-7-15-28-19)22-11-8-16-31(22)21-10-4-5-12-24(21)36-2/h4-17,25-26,30H,1-3H3,(H,29,37)/t25-,26+/m0/s1. The van der Waals surface area contributed by atoms with Crippen molar-refractivity contribution in [2.24, 2.45) is 0 Å². The van der Waals surface area contributed by atoms with Crippen molar-refractivity contribution in [3.05, 3.63) is 96.6 Å². The van der Waals surface area contributed by atoms with Crippen molar-refractivity contribution in [3.8, 4) is 17.2 Å². The molecular weight excluding hydrogens is 522 g/mol. The summed E-state index contributed by atoms with van der Waals surface area (Å²) >= 11 is 5.86. The third-order valence-corrected chi connectivity index (χ3v) is 7.19. The zero-order chi connectivity index (χ0) is 26.9. The molecule has 0 radical (unpaired) electrons. The van der Waals surface area contributed by atoms with E-state index >= 15 is 0 Å². The summed E-state index contributed by atoms with van der Waals surface area (Å²) in [6, 6.07) is 22.2. The van der Waals surface area contributed by atoms with Crippen molar-refractivity contribution in [2.75, 3.05) is 30.1 Å². The first-order valence-corrected chi connectivity index (χ1v) is 14.1. The number of benzene rings is 2. The average molecular weight is 550 g/mol. The van der Waals surface area contributed by atoms with Gasteiger partial charge in [0, 0.05) is 23.8 Å². The molecule has 0 aliphatic carbocycles. The molecule has 0 spiro atoms. The number of para-hydroxylation sites is 2. The SMILES string of the molecule is COc1ccc(N2C(=S)N[C@@H](c3ccccn3)[C@H]2c2cccn2-c2ccccc2OC)cc1NS(C)(=O)=O. The lowest BCUT2D eigenvalue weighted by Crippen LogP contribution is -2.30. The van der Waals surface area contributed by atoms with Gasteiger partial charge in [0.1, 0.15) is 17.5 Å². The highest BCUT2D eigenvalue weighted by Crippen LogP contribution is 2.44. The maximum atomic E-state index is 12.1. The maximum Gasteiger partial charge on any atom is 0.229 e. The second kappa shape index (κ2) is 10.3. The van der Waals surface area contributed by atoms with Crippen molar-refractivity contribution in [3.63, 3.8) is 0 Å². The van der Waals surface area contributed by atoms with E-state index in [9.17, 15) is 8.42 Å². The summed E-state index contributed by atoms with van der Waals surface area (Å²) in [5.74, 6) is 1.12. The Hall–Kier alpha value is -4.09. The van der Waals surface area contributed by atoms with Crippen LogP contribution < -0.4 is 24.4 Å². The third-order valence-electron chi connectivity index (χ3n) is 6.28. The number of methoxy groups -OCH3 is 2. The van der Waals surface area contributed by atoms with Crippen LogP contribution in [0.5, 0.6) is 11.5 Å². The largest absolute Gasteiger partial charge is 0.495 e. The number of pyridine rings is 1. The van der Waals surface area contributed by atoms with Gasteiger partial charge >= 0.3 is 0 Å². The van der Waals surface area contributed by atoms with Crippen LogP contribution in [0.2, 0.25) is 0 Å². The number of sulfonamides is 1. The minimum absolute atomic E-state index is 0.291. The summed E-state index contributed by atoms with van der Waals surface area (Å²) in [6.45, 7) is 0. The molecule has 9 nitrogen and oxygen atoms in total. The van der Waals surface area contributed by atoms with Crippen molar-refractivity contribution in [1.29, 1.82) is 0 Å². The van der Waals surface area contributed by atoms with Crippen LogP contribution in [-0.4, -0.2) is 43.6 Å². The van der Waals surface area contributed by atoms with Crippen molar-refractivity contribution >= 4 is 38.7 Å². The first-order chi connectivity index (χ1) is 18.3. The molecule has 3 heterocycles. The smallest absolute Gasteiger partial charge is 0.229 e. The first-order valence-electron chi connectivity index (χ1n) is 11.8. The van der Waals surface area contributed by atoms with Gasteiger partial charge in [0.25, 0.3) is 0 Å². The third kappa shape index (κ3) is 4.90. The van der Waals surface area contributed by atoms with Crippen molar-refractivity contribution < 1.29 is 17.9 Å². The van der Waals surface area contributed by atoms with Gasteiger partial charge in [0.15, 0.2) is 5.11 Å². The molecule has 0 bridgehead atoms. The molecule has 2 aromatic heterocycles. The molecule has 4 aromatic rings. The molecule has 1 aliphatic rings. The summed E-state index contributed by atoms with van der Waals surface area (Å²) in [7, 11) is -0.415. The predicted octanol–water partition coefficient (Wildman–Crippen LogP) is 4.44. The van der Waals surface area contributed by atoms with Crippen molar-refractivity contribution in [1.82, 2.24) is 14.9 Å². The molecule has 0 saturated carbocycles. The van der Waals surface area contributed by atoms with Crippen LogP contribution in [0.3, 0.4) is 0 Å². The van der Waals surface area contributed by atoms with E-state index in [4.69, 9.17) is 21.7 Å². The molecular formula is C27H27N5O4S2. The summed E-state index contributed by atoms with van der Waals surface area (Å²) in [5.41, 5.74) is 3.63. The van der Waals surface area contributed by atoms with Gasteiger partial charge in [-0.05, 0) is 66.8 Å². The van der Waals surface area contributed by atoms with Gasteiger partial charge in [-0.3, -0.25) is 9.71 Å². The molecule has 196 valence electrons. The van der Waals surface area contributed by atoms with E-state index in [1.54, 1.807) is 25.4 Å². The van der Waals surface area contributed by atoms with E-state index in [0.717, 1.165) is 29.1 Å². The molecule has 0 amide bonds. The molecule has 2 aromatic carbocycles. The van der Waals surface area contributed by atoms with E-state index in [2.05, 4.69) is 19.6 Å². The van der Waals surface area contributed by atoms with E-state index < -0.39 is 10.0 Å². The van der Waals surface area contributed by atoms with Crippen LogP contribution in [0.15, 0.2) is 85.2 Å². The highest BCUT2D eigenvalue weighted by Gasteiger charge is 2.42. The Labute approximate surface area is 227 Å². The molecule has 5 rings (SSSR count). The number of thiocarbonyl (C=S) groups is 1. The fourth-order valence-electron chi connectivity index (χ4n) is 4.74. The number of hydrogen-bond acceptors (Lipinski definition) is 6. The summed E-state index contributed by atoms with van der Waals surface area (Å²) in [6.07, 6.45) is 4.83. The normalized spacial score (nSPS) is 17.2. The number of ether oxygens (including phenoxy) is 2. The highest BCUT2D eigenvalue weighted by atomic mass is 32.2. The van der Waals surface area contributed by atoms with E-state index in [1.807, 2.05) is 71.8 Å². The van der Waals surface area contributed by atoms with E-state index in [-0.39, 0.29) is 12.1 Å². The van der Waals surface area contributed by atoms with Crippen LogP contribution >= 0.6 is 12.2 Å². The Balaban J connectivity index is 1.68. The van der Waals surface area contributed by atoms with Gasteiger partial charge in [-0.2, -0.15) is 0 Å². The lowest BCUT2D eigenvalue weighted by atomic mass is 10.0. The Bertz CT molecular complexity index is 1570. The fraction of sp³-hybridized carbons (Fsp3) is 0.185. The average Bonchev–Trinajstić information content (AvgIpc) is 3.52. The second-order valence-electron chi connectivity index (χ2n) is 8.73. The Morgan fingerprint density at radius 2 is 1.74 bits per heavy atom. The predicted molar refractivity (Wildman–Crippen MR) is 152 cm³/mol. The van der Waals surface area contributed by atoms with Gasteiger partial charge in [-0.25, -0.2) is 8.42 Å². The highest BCUT2D eigenvalue weighted by molar-refractivity contribution is 7.92. The van der Waals surface area contributed by atoms with Crippen LogP contribution in [-0.2, 0) is 10.0 Å². The van der Waals surface area contributed by atoms with E-state index in [0.29, 0.717) is 22.2 Å². The molecule has 1 fully saturated rings. The van der Waals surface area contributed by atoms with Gasteiger partial charge in [-0.1, -0.05) is 18.2 Å². The maximum absolute atomic E-state index is 12.1. The fourth-order valence-corrected chi connectivity index (χ4v) is 5.65. The molecule has 2 atom stereocenters. The Kier molecular flexibility index (Phi) is 6.96. The summed E-state index contributed by atoms with van der Waals surface area (Å²) in [5, 5.41) is 3.92. The minimum Gasteiger partial charge on any atom is -0.495 e. The number of aromatic nitrogens is 2. The first kappa shape index (κ1) is 25.6. The second-order valence-corrected chi connectivity index (χ2v) is 10.9. The number of nitrogens with one attached hydrogen (secondary N) is 2. The van der Waals surface area contributed by atoms with Crippen LogP contribution in [0.4, 0.5) is 11.4 Å². The number of rotatable bonds is 8. The topological polar surface area (TPSA) is 97.7 Å². The van der Waals surface area contributed by atoms with Gasteiger partial charge in [0.2, 0.25) is 10.0 Å². The lowest BCUT2D eigenvalue weighted by Gasteiger charge is -2.29. The summed E-state index contributed by atoms with van der Waals surface area (Å²) < 4.78 is 39.8. The molecule has 1 aliphatic heterocycles. The number of anilines is 2. The van der Waals surface area contributed by atoms with Crippen molar-refractivity contribution in [2.45, 2.75) is 12.1 Å². The Morgan fingerprint density at radius 3 is 2.45 bits per heavy atom. The monoisotopic (exact) mass is 549 g/mol. The van der Waals surface area contributed by atoms with Gasteiger partial charge < -0.3 is 24.3 Å². The minimum atomic E-state index is -3.55. The van der Waals surface area contributed by atoms with Crippen LogP contribution in [0.1, 0.15) is 23.5 Å². The zero-order valence-electron chi connectivity index (χ0n) is 21.0. The number of nitrogens with zero attached hydrogens (tertiary/aromatic N) is 3. The van der Waals surface area contributed by atoms with Gasteiger partial charge in [0.05, 0.1) is 43.6 Å². The van der Waals surface area contributed by atoms with Crippen LogP contribution in [0.25, 0.3) is 5.69 Å². The van der Waals surface area contributed by atoms with Gasteiger partial charge in [-0.15, -0.1) is 0 Å². The van der Waals surface area contributed by atoms with Crippen LogP contribution in [0, 0.1) is 0 Å². The zero-order valence-corrected chi connectivity index (χ0v) is 22.7. The summed E-state index contributed by atoms with van der Waals surface area (Å²) in [4.78, 5) is 6.59. The number of hydrogen-bond donors (Lipinski definition) is 2. The quantitative estimate of drug-likeness (QED) is 0.312. The van der Waals surface area contributed by atoms with E-state index in [1.165, 1.54) is 7.11 Å². The molecule has 2 N–H and O–H groups in total. The molecule has 1 saturated heterocycles. The lowest BCUT2D eigenvalue weighted by molar-refractivity contribution is 0.412. The molecule has 38 heavy (non-hydrogen) atoms.